The Morgan fingerprint density at radius 3 is 1.46 bits per heavy atom. The molecule has 0 aliphatic heterocycles. The van der Waals surface area contributed by atoms with Crippen LogP contribution in [0.1, 0.15) is 5.56 Å². The van der Waals surface area contributed by atoms with Crippen LogP contribution in [0.3, 0.4) is 0 Å². The van der Waals surface area contributed by atoms with Crippen LogP contribution in [-0.2, 0) is 0 Å². The average Bonchev–Trinajstić information content (AvgIpc) is 3.51. The van der Waals surface area contributed by atoms with Crippen molar-refractivity contribution in [3.8, 4) is 0 Å². The standard InChI is InChI=1S/C24H17N7S4/c1-15-3-5-17(6-4-15)26-21-30-23(34-32-21)28-19-11-13-20(14-12-19)29-24-31-22(33-35-24)27-18-9-7-16(25-2)8-10-18/h3-14H,2H2,1H3. The highest BCUT2D eigenvalue weighted by atomic mass is 32.9. The van der Waals surface area contributed by atoms with Crippen molar-refractivity contribution in [3.63, 3.8) is 0 Å². The van der Waals surface area contributed by atoms with Crippen LogP contribution in [0.2, 0.25) is 0 Å². The number of aliphatic imine (C=N–C) groups is 3. The van der Waals surface area contributed by atoms with Gasteiger partial charge in [-0.3, -0.25) is 4.99 Å². The van der Waals surface area contributed by atoms with Crippen LogP contribution in [0, 0.1) is 6.92 Å². The van der Waals surface area contributed by atoms with E-state index >= 15 is 0 Å². The molecule has 5 rings (SSSR count). The monoisotopic (exact) mass is 531 g/mol. The first-order valence-electron chi connectivity index (χ1n) is 10.3. The zero-order chi connectivity index (χ0) is 24.0. The largest absolute Gasteiger partial charge is 0.265 e. The van der Waals surface area contributed by atoms with Crippen LogP contribution in [-0.4, -0.2) is 28.1 Å². The first-order valence-corrected chi connectivity index (χ1v) is 14.6. The number of allylic oxidation sites excluding steroid dienone is 4. The molecule has 4 aromatic rings. The third-order valence-electron chi connectivity index (χ3n) is 4.58. The number of rotatable bonds is 5. The predicted molar refractivity (Wildman–Crippen MR) is 150 cm³/mol. The molecule has 7 nitrogen and oxygen atoms in total. The van der Waals surface area contributed by atoms with Gasteiger partial charge in [-0.25, -0.2) is 20.0 Å². The number of nitrogens with zero attached hydrogens (tertiary/aromatic N) is 7. The van der Waals surface area contributed by atoms with Crippen LogP contribution in [0.4, 0.5) is 27.3 Å². The van der Waals surface area contributed by atoms with Crippen LogP contribution >= 0.6 is 41.4 Å². The molecule has 0 saturated heterocycles. The fourth-order valence-corrected chi connectivity index (χ4v) is 6.13. The molecular formula is C24H17N7S4. The third-order valence-corrected chi connectivity index (χ3v) is 8.36. The minimum absolute atomic E-state index is 0.659. The van der Waals surface area contributed by atoms with Crippen molar-refractivity contribution in [3.05, 3.63) is 88.0 Å². The molecule has 0 radical (unpaired) electrons. The Morgan fingerprint density at radius 2 is 1.00 bits per heavy atom. The van der Waals surface area contributed by atoms with E-state index in [9.17, 15) is 0 Å². The van der Waals surface area contributed by atoms with Gasteiger partial charge in [0.2, 0.25) is 19.9 Å². The van der Waals surface area contributed by atoms with E-state index in [4.69, 9.17) is 0 Å². The molecule has 0 atom stereocenters. The first kappa shape index (κ1) is 23.2. The Morgan fingerprint density at radius 1 is 0.571 bits per heavy atom. The van der Waals surface area contributed by atoms with E-state index in [2.05, 4.69) is 48.6 Å². The van der Waals surface area contributed by atoms with Crippen LogP contribution < -0.4 is 9.60 Å². The Balaban J connectivity index is 1.27. The lowest BCUT2D eigenvalue weighted by molar-refractivity contribution is 1.22. The summed E-state index contributed by atoms with van der Waals surface area (Å²) in [7, 11) is 5.97. The molecule has 2 aromatic carbocycles. The predicted octanol–water partition coefficient (Wildman–Crippen LogP) is 6.80. The Kier molecular flexibility index (Phi) is 7.19. The summed E-state index contributed by atoms with van der Waals surface area (Å²) in [5.41, 5.74) is 5.32. The zero-order valence-corrected chi connectivity index (χ0v) is 21.7. The Hall–Kier alpha value is -3.51. The lowest BCUT2D eigenvalue weighted by Crippen LogP contribution is -2.00. The quantitative estimate of drug-likeness (QED) is 0.161. The highest BCUT2D eigenvalue weighted by molar-refractivity contribution is 7.70. The SMILES string of the molecule is C=Nc1ccc(N=c2nc(N=C3C=CC(=Nc4nc(=Nc5ccc(C)cc5)ss4)C=C3)ss2)cc1. The number of aryl methyl sites for hydroxylation is 1. The van der Waals surface area contributed by atoms with E-state index in [1.807, 2.05) is 72.8 Å². The van der Waals surface area contributed by atoms with Gasteiger partial charge in [0.05, 0.1) is 28.5 Å². The van der Waals surface area contributed by atoms with Gasteiger partial charge in [-0.2, -0.15) is 9.97 Å². The fourth-order valence-electron chi connectivity index (χ4n) is 2.86. The van der Waals surface area contributed by atoms with Gasteiger partial charge in [0.25, 0.3) is 0 Å². The molecule has 0 unspecified atom stereocenters. The summed E-state index contributed by atoms with van der Waals surface area (Å²) < 4.78 is 0. The maximum Gasteiger partial charge on any atom is 0.222 e. The van der Waals surface area contributed by atoms with Gasteiger partial charge in [0, 0.05) is 0 Å². The minimum atomic E-state index is 0.659. The average molecular weight is 532 g/mol. The van der Waals surface area contributed by atoms with Gasteiger partial charge < -0.3 is 0 Å². The molecule has 1 aliphatic rings. The van der Waals surface area contributed by atoms with E-state index in [1.165, 1.54) is 46.9 Å². The van der Waals surface area contributed by atoms with Gasteiger partial charge in [-0.15, -0.1) is 0 Å². The highest BCUT2D eigenvalue weighted by Gasteiger charge is 2.04. The van der Waals surface area contributed by atoms with E-state index < -0.39 is 0 Å². The molecule has 0 saturated carbocycles. The summed E-state index contributed by atoms with van der Waals surface area (Å²) in [6.45, 7) is 5.57. The second kappa shape index (κ2) is 10.8. The highest BCUT2D eigenvalue weighted by Crippen LogP contribution is 2.22. The topological polar surface area (TPSA) is 87.6 Å². The van der Waals surface area contributed by atoms with Gasteiger partial charge in [-0.05, 0) is 116 Å². The first-order chi connectivity index (χ1) is 17.1. The maximum atomic E-state index is 4.61. The summed E-state index contributed by atoms with van der Waals surface area (Å²) in [6.07, 6.45) is 7.66. The molecule has 0 spiro atoms. The molecule has 0 amide bonds. The molecule has 2 heterocycles. The Labute approximate surface area is 215 Å². The normalized spacial score (nSPS) is 14.0. The maximum absolute atomic E-state index is 4.61. The Bertz CT molecular complexity index is 1590. The van der Waals surface area contributed by atoms with Crippen molar-refractivity contribution in [2.45, 2.75) is 6.92 Å². The van der Waals surface area contributed by atoms with Crippen molar-refractivity contribution in [2.75, 3.05) is 0 Å². The van der Waals surface area contributed by atoms with Gasteiger partial charge in [-0.1, -0.05) is 17.7 Å². The van der Waals surface area contributed by atoms with Gasteiger partial charge in [0.1, 0.15) is 0 Å². The molecule has 172 valence electrons. The number of aromatic nitrogens is 2. The summed E-state index contributed by atoms with van der Waals surface area (Å²) in [4.78, 5) is 32.6. The molecule has 11 heteroatoms. The lowest BCUT2D eigenvalue weighted by Gasteiger charge is -2.00. The van der Waals surface area contributed by atoms with Crippen molar-refractivity contribution < 1.29 is 0 Å². The molecule has 0 N–H and O–H groups in total. The van der Waals surface area contributed by atoms with Gasteiger partial charge >= 0.3 is 0 Å². The third kappa shape index (κ3) is 6.34. The second-order valence-corrected chi connectivity index (χ2v) is 11.3. The summed E-state index contributed by atoms with van der Waals surface area (Å²) in [5, 5.41) is 1.34. The molecule has 1 aliphatic carbocycles. The second-order valence-electron chi connectivity index (χ2n) is 7.16. The van der Waals surface area contributed by atoms with Crippen molar-refractivity contribution in [1.29, 1.82) is 0 Å². The minimum Gasteiger partial charge on any atom is -0.265 e. The molecular weight excluding hydrogens is 515 g/mol. The molecule has 0 fully saturated rings. The summed E-state index contributed by atoms with van der Waals surface area (Å²) in [5.74, 6) is 0. The van der Waals surface area contributed by atoms with Gasteiger partial charge in [0.15, 0.2) is 0 Å². The van der Waals surface area contributed by atoms with Crippen LogP contribution in [0.5, 0.6) is 0 Å². The fraction of sp³-hybridized carbons (Fsp3) is 0.0417. The lowest BCUT2D eigenvalue weighted by atomic mass is 10.1. The zero-order valence-electron chi connectivity index (χ0n) is 18.4. The molecule has 2 aromatic heterocycles. The summed E-state index contributed by atoms with van der Waals surface area (Å²) >= 11 is 0. The van der Waals surface area contributed by atoms with Crippen LogP contribution in [0.15, 0.2) is 97.8 Å². The van der Waals surface area contributed by atoms with Crippen molar-refractivity contribution in [1.82, 2.24) is 9.97 Å². The molecule has 35 heavy (non-hydrogen) atoms. The summed E-state index contributed by atoms with van der Waals surface area (Å²) in [6, 6.07) is 15.6. The molecule has 0 bridgehead atoms. The van der Waals surface area contributed by atoms with Crippen molar-refractivity contribution in [2.24, 2.45) is 25.0 Å². The van der Waals surface area contributed by atoms with Crippen molar-refractivity contribution >= 4 is 86.8 Å². The smallest absolute Gasteiger partial charge is 0.222 e. The number of hydrogen-bond donors (Lipinski definition) is 0. The van der Waals surface area contributed by atoms with E-state index in [-0.39, 0.29) is 0 Å². The number of benzene rings is 2. The van der Waals surface area contributed by atoms with E-state index in [0.29, 0.717) is 19.9 Å². The van der Waals surface area contributed by atoms with E-state index in [1.54, 1.807) is 0 Å². The van der Waals surface area contributed by atoms with E-state index in [0.717, 1.165) is 28.5 Å². The number of hydrogen-bond acceptors (Lipinski definition) is 11. The van der Waals surface area contributed by atoms with Crippen LogP contribution in [0.25, 0.3) is 0 Å².